The number of halogens is 1. The van der Waals surface area contributed by atoms with Crippen LogP contribution in [0.2, 0.25) is 0 Å². The molecule has 2 rings (SSSR count). The highest BCUT2D eigenvalue weighted by Crippen LogP contribution is 2.16. The maximum atomic E-state index is 12.7. The Morgan fingerprint density at radius 2 is 2.12 bits per heavy atom. The maximum Gasteiger partial charge on any atom is 0.249 e. The minimum Gasteiger partial charge on any atom is -0.379 e. The first-order chi connectivity index (χ1) is 11.8. The van der Waals surface area contributed by atoms with Gasteiger partial charge in [0.2, 0.25) is 5.91 Å². The third kappa shape index (κ3) is 8.14. The van der Waals surface area contributed by atoms with Crippen molar-refractivity contribution in [3.05, 3.63) is 30.1 Å². The topological polar surface area (TPSA) is 63.7 Å². The summed E-state index contributed by atoms with van der Waals surface area (Å²) in [5.74, 6) is 0.0315. The third-order valence-electron chi connectivity index (χ3n) is 4.17. The van der Waals surface area contributed by atoms with Crippen LogP contribution < -0.4 is 5.32 Å². The molecule has 25 heavy (non-hydrogen) atoms. The van der Waals surface area contributed by atoms with Crippen LogP contribution in [0.5, 0.6) is 0 Å². The summed E-state index contributed by atoms with van der Waals surface area (Å²) in [6, 6.07) is 6.05. The zero-order valence-electron chi connectivity index (χ0n) is 15.0. The van der Waals surface area contributed by atoms with Crippen LogP contribution >= 0.6 is 12.4 Å². The number of aromatic nitrogens is 1. The predicted octanol–water partition coefficient (Wildman–Crippen LogP) is 2.03. The molecule has 6 nitrogen and oxygen atoms in total. The van der Waals surface area contributed by atoms with E-state index in [2.05, 4.69) is 10.3 Å². The number of amides is 1. The molecular weight excluding hydrogens is 342 g/mol. The molecule has 0 aromatic carbocycles. The van der Waals surface area contributed by atoms with Gasteiger partial charge in [-0.1, -0.05) is 6.07 Å². The first kappa shape index (κ1) is 21.8. The van der Waals surface area contributed by atoms with Crippen LogP contribution in [0.15, 0.2) is 24.4 Å². The minimum atomic E-state index is 0. The second kappa shape index (κ2) is 13.1. The number of ether oxygens (including phenoxy) is 2. The Kier molecular flexibility index (Phi) is 11.4. The Morgan fingerprint density at radius 1 is 1.28 bits per heavy atom. The Hall–Kier alpha value is -1.21. The summed E-state index contributed by atoms with van der Waals surface area (Å²) >= 11 is 0. The number of rotatable bonds is 9. The van der Waals surface area contributed by atoms with E-state index in [1.54, 1.807) is 6.20 Å². The van der Waals surface area contributed by atoms with E-state index in [4.69, 9.17) is 9.47 Å². The number of carbonyl (C=O) groups is 1. The summed E-state index contributed by atoms with van der Waals surface area (Å²) in [5, 5.41) is 3.40. The molecule has 1 saturated heterocycles. The molecule has 1 aliphatic rings. The fraction of sp³-hybridized carbons (Fsp3) is 0.667. The molecular formula is C18H30ClN3O3. The van der Waals surface area contributed by atoms with E-state index >= 15 is 0 Å². The number of nitrogens with zero attached hydrogens (tertiary/aromatic N) is 2. The van der Waals surface area contributed by atoms with E-state index in [1.165, 1.54) is 0 Å². The summed E-state index contributed by atoms with van der Waals surface area (Å²) < 4.78 is 10.7. The number of nitrogens with one attached hydrogen (secondary N) is 1. The van der Waals surface area contributed by atoms with Crippen LogP contribution in [-0.2, 0) is 20.8 Å². The van der Waals surface area contributed by atoms with Crippen LogP contribution in [0, 0.1) is 0 Å². The van der Waals surface area contributed by atoms with Crippen molar-refractivity contribution in [3.8, 4) is 0 Å². The maximum absolute atomic E-state index is 12.7. The van der Waals surface area contributed by atoms with Crippen LogP contribution in [0.1, 0.15) is 31.9 Å². The van der Waals surface area contributed by atoms with Gasteiger partial charge in [-0.25, -0.2) is 0 Å². The highest BCUT2D eigenvalue weighted by molar-refractivity contribution is 5.85. The van der Waals surface area contributed by atoms with Gasteiger partial charge < -0.3 is 19.7 Å². The lowest BCUT2D eigenvalue weighted by molar-refractivity contribution is -0.140. The van der Waals surface area contributed by atoms with Crippen molar-refractivity contribution >= 4 is 18.3 Å². The van der Waals surface area contributed by atoms with Gasteiger partial charge in [-0.05, 0) is 51.4 Å². The zero-order chi connectivity index (χ0) is 17.0. The van der Waals surface area contributed by atoms with Gasteiger partial charge in [0.1, 0.15) is 6.61 Å². The van der Waals surface area contributed by atoms with Gasteiger partial charge in [0.05, 0.1) is 25.5 Å². The number of hydrogen-bond donors (Lipinski definition) is 1. The smallest absolute Gasteiger partial charge is 0.249 e. The lowest BCUT2D eigenvalue weighted by Gasteiger charge is -2.31. The molecule has 142 valence electrons. The van der Waals surface area contributed by atoms with Gasteiger partial charge in [0, 0.05) is 18.8 Å². The van der Waals surface area contributed by atoms with Crippen molar-refractivity contribution in [2.45, 2.75) is 38.8 Å². The van der Waals surface area contributed by atoms with E-state index in [1.807, 2.05) is 30.0 Å². The van der Waals surface area contributed by atoms with Gasteiger partial charge in [0.25, 0.3) is 0 Å². The monoisotopic (exact) mass is 371 g/mol. The molecule has 0 bridgehead atoms. The summed E-state index contributed by atoms with van der Waals surface area (Å²) in [6.45, 7) is 6.19. The molecule has 0 saturated carbocycles. The SMILES string of the molecule is CCOCCOCC(=O)N(Cc1ccccn1)C1CCCNCC1.Cl. The van der Waals surface area contributed by atoms with Crippen molar-refractivity contribution in [1.29, 1.82) is 0 Å². The molecule has 1 aliphatic heterocycles. The van der Waals surface area contributed by atoms with E-state index in [9.17, 15) is 4.79 Å². The Labute approximate surface area is 156 Å². The molecule has 1 N–H and O–H groups in total. The van der Waals surface area contributed by atoms with Gasteiger partial charge in [-0.3, -0.25) is 9.78 Å². The Morgan fingerprint density at radius 3 is 2.88 bits per heavy atom. The first-order valence-corrected chi connectivity index (χ1v) is 8.87. The largest absolute Gasteiger partial charge is 0.379 e. The predicted molar refractivity (Wildman–Crippen MR) is 99.9 cm³/mol. The standard InChI is InChI=1S/C18H29N3O3.ClH/c1-2-23-12-13-24-15-18(22)21(14-16-6-3-4-10-20-16)17-7-5-9-19-11-8-17;/h3-4,6,10,17,19H,2,5,7-9,11-15H2,1H3;1H. The summed E-state index contributed by atoms with van der Waals surface area (Å²) in [6.07, 6.45) is 4.84. The number of pyridine rings is 1. The molecule has 0 spiro atoms. The molecule has 7 heteroatoms. The van der Waals surface area contributed by atoms with Crippen molar-refractivity contribution in [1.82, 2.24) is 15.2 Å². The fourth-order valence-electron chi connectivity index (χ4n) is 2.90. The number of hydrogen-bond acceptors (Lipinski definition) is 5. The quantitative estimate of drug-likeness (QED) is 0.673. The highest BCUT2D eigenvalue weighted by Gasteiger charge is 2.25. The van der Waals surface area contributed by atoms with Crippen LogP contribution in [-0.4, -0.2) is 61.3 Å². The molecule has 1 fully saturated rings. The molecule has 1 amide bonds. The zero-order valence-corrected chi connectivity index (χ0v) is 15.8. The van der Waals surface area contributed by atoms with Crippen molar-refractivity contribution in [2.24, 2.45) is 0 Å². The van der Waals surface area contributed by atoms with E-state index in [0.29, 0.717) is 26.4 Å². The van der Waals surface area contributed by atoms with E-state index in [0.717, 1.165) is 38.0 Å². The molecule has 0 radical (unpaired) electrons. The molecule has 0 aliphatic carbocycles. The first-order valence-electron chi connectivity index (χ1n) is 8.87. The van der Waals surface area contributed by atoms with Crippen molar-refractivity contribution in [2.75, 3.05) is 39.5 Å². The van der Waals surface area contributed by atoms with Crippen LogP contribution in [0.25, 0.3) is 0 Å². The molecule has 2 heterocycles. The van der Waals surface area contributed by atoms with Gasteiger partial charge >= 0.3 is 0 Å². The molecule has 1 aromatic heterocycles. The summed E-state index contributed by atoms with van der Waals surface area (Å²) in [5.41, 5.74) is 0.914. The molecule has 1 atom stereocenters. The Bertz CT molecular complexity index is 468. The fourth-order valence-corrected chi connectivity index (χ4v) is 2.90. The second-order valence-electron chi connectivity index (χ2n) is 5.93. The third-order valence-corrected chi connectivity index (χ3v) is 4.17. The van der Waals surface area contributed by atoms with Gasteiger partial charge in [0.15, 0.2) is 0 Å². The second-order valence-corrected chi connectivity index (χ2v) is 5.93. The average molecular weight is 372 g/mol. The minimum absolute atomic E-state index is 0. The van der Waals surface area contributed by atoms with Gasteiger partial charge in [-0.2, -0.15) is 0 Å². The lowest BCUT2D eigenvalue weighted by atomic mass is 10.1. The summed E-state index contributed by atoms with van der Waals surface area (Å²) in [7, 11) is 0. The Balaban J connectivity index is 0.00000312. The van der Waals surface area contributed by atoms with Crippen LogP contribution in [0.3, 0.4) is 0 Å². The normalized spacial score (nSPS) is 17.4. The average Bonchev–Trinajstić information content (AvgIpc) is 2.89. The highest BCUT2D eigenvalue weighted by atomic mass is 35.5. The van der Waals surface area contributed by atoms with Gasteiger partial charge in [-0.15, -0.1) is 12.4 Å². The molecule has 1 aromatic rings. The van der Waals surface area contributed by atoms with Crippen LogP contribution in [0.4, 0.5) is 0 Å². The summed E-state index contributed by atoms with van der Waals surface area (Å²) in [4.78, 5) is 19.0. The number of carbonyl (C=O) groups excluding carboxylic acids is 1. The van der Waals surface area contributed by atoms with E-state index in [-0.39, 0.29) is 31.0 Å². The van der Waals surface area contributed by atoms with Crippen molar-refractivity contribution < 1.29 is 14.3 Å². The molecule has 1 unspecified atom stereocenters. The van der Waals surface area contributed by atoms with E-state index < -0.39 is 0 Å². The van der Waals surface area contributed by atoms with Crippen molar-refractivity contribution in [3.63, 3.8) is 0 Å². The lowest BCUT2D eigenvalue weighted by Crippen LogP contribution is -2.42.